The minimum Gasteiger partial charge on any atom is -0.331 e. The van der Waals surface area contributed by atoms with Crippen molar-refractivity contribution in [3.05, 3.63) is 91.5 Å². The van der Waals surface area contributed by atoms with Crippen molar-refractivity contribution in [2.24, 2.45) is 0 Å². The zero-order valence-corrected chi connectivity index (χ0v) is 16.5. The van der Waals surface area contributed by atoms with E-state index >= 15 is 0 Å². The maximum Gasteiger partial charge on any atom is 0.283 e. The molecule has 29 heavy (non-hydrogen) atoms. The second kappa shape index (κ2) is 7.48. The minimum absolute atomic E-state index is 0.0179. The van der Waals surface area contributed by atoms with Crippen molar-refractivity contribution < 1.29 is 9.72 Å². The molecule has 0 aliphatic rings. The van der Waals surface area contributed by atoms with E-state index in [0.717, 1.165) is 0 Å². The molecule has 4 aromatic rings. The SMILES string of the molecule is O=C(Cn1c2ccccc2c(=O)c2ccccc21)Nc1ccc([N+](=O)[O-])c(Br)c1. The summed E-state index contributed by atoms with van der Waals surface area (Å²) >= 11 is 3.14. The van der Waals surface area contributed by atoms with Gasteiger partial charge >= 0.3 is 0 Å². The van der Waals surface area contributed by atoms with E-state index in [2.05, 4.69) is 21.2 Å². The summed E-state index contributed by atoms with van der Waals surface area (Å²) in [6, 6.07) is 18.6. The van der Waals surface area contributed by atoms with Crippen LogP contribution in [0.4, 0.5) is 11.4 Å². The Hall–Kier alpha value is -3.52. The fraction of sp³-hybridized carbons (Fsp3) is 0.0476. The van der Waals surface area contributed by atoms with Crippen LogP contribution < -0.4 is 10.7 Å². The molecule has 0 fully saturated rings. The number of carbonyl (C=O) groups is 1. The van der Waals surface area contributed by atoms with Crippen molar-refractivity contribution in [2.45, 2.75) is 6.54 Å². The van der Waals surface area contributed by atoms with Crippen LogP contribution in [-0.4, -0.2) is 15.4 Å². The number of hydrogen-bond acceptors (Lipinski definition) is 4. The molecule has 0 saturated heterocycles. The number of nitrogens with one attached hydrogen (secondary N) is 1. The highest BCUT2D eigenvalue weighted by Crippen LogP contribution is 2.28. The summed E-state index contributed by atoms with van der Waals surface area (Å²) in [5.41, 5.74) is 1.60. The number of amides is 1. The normalized spacial score (nSPS) is 10.9. The lowest BCUT2D eigenvalue weighted by Gasteiger charge is -2.15. The molecular weight excluding hydrogens is 438 g/mol. The molecule has 1 amide bonds. The van der Waals surface area contributed by atoms with Crippen LogP contribution in [0.3, 0.4) is 0 Å². The van der Waals surface area contributed by atoms with Gasteiger partial charge in [-0.25, -0.2) is 0 Å². The van der Waals surface area contributed by atoms with Crippen molar-refractivity contribution in [3.63, 3.8) is 0 Å². The summed E-state index contributed by atoms with van der Waals surface area (Å²) in [6.45, 7) is -0.0179. The van der Waals surface area contributed by atoms with E-state index in [4.69, 9.17) is 0 Å². The second-order valence-electron chi connectivity index (χ2n) is 6.42. The third-order valence-corrected chi connectivity index (χ3v) is 5.24. The van der Waals surface area contributed by atoms with Crippen LogP contribution in [0.15, 0.2) is 76.0 Å². The first-order valence-corrected chi connectivity index (χ1v) is 9.49. The summed E-state index contributed by atoms with van der Waals surface area (Å²) in [5.74, 6) is -0.315. The van der Waals surface area contributed by atoms with Gasteiger partial charge in [-0.05, 0) is 52.3 Å². The Morgan fingerprint density at radius 3 is 2.14 bits per heavy atom. The van der Waals surface area contributed by atoms with Crippen LogP contribution >= 0.6 is 15.9 Å². The van der Waals surface area contributed by atoms with Gasteiger partial charge in [0.05, 0.1) is 20.4 Å². The molecule has 1 heterocycles. The zero-order valence-electron chi connectivity index (χ0n) is 15.0. The van der Waals surface area contributed by atoms with E-state index in [-0.39, 0.29) is 28.0 Å². The minimum atomic E-state index is -0.506. The number of benzene rings is 3. The smallest absolute Gasteiger partial charge is 0.283 e. The van der Waals surface area contributed by atoms with Crippen molar-refractivity contribution in [2.75, 3.05) is 5.32 Å². The molecule has 0 aliphatic heterocycles. The lowest BCUT2D eigenvalue weighted by atomic mass is 10.1. The van der Waals surface area contributed by atoms with Crippen LogP contribution in [-0.2, 0) is 11.3 Å². The van der Waals surface area contributed by atoms with Crippen LogP contribution in [0.2, 0.25) is 0 Å². The summed E-state index contributed by atoms with van der Waals surface area (Å²) in [6.07, 6.45) is 0. The fourth-order valence-corrected chi connectivity index (χ4v) is 3.85. The number of nitro groups is 1. The van der Waals surface area contributed by atoms with Crippen molar-refractivity contribution in [1.82, 2.24) is 4.57 Å². The first-order chi connectivity index (χ1) is 14.0. The van der Waals surface area contributed by atoms with Gasteiger partial charge in [0.15, 0.2) is 5.43 Å². The molecule has 8 heteroatoms. The summed E-state index contributed by atoms with van der Waals surface area (Å²) in [5, 5.41) is 14.8. The van der Waals surface area contributed by atoms with Gasteiger partial charge in [0, 0.05) is 22.5 Å². The summed E-state index contributed by atoms with van der Waals surface area (Å²) in [7, 11) is 0. The van der Waals surface area contributed by atoms with E-state index in [1.54, 1.807) is 41.0 Å². The maximum atomic E-state index is 12.8. The lowest BCUT2D eigenvalue weighted by molar-refractivity contribution is -0.385. The molecule has 0 saturated carbocycles. The molecule has 0 spiro atoms. The van der Waals surface area contributed by atoms with E-state index in [1.165, 1.54) is 18.2 Å². The monoisotopic (exact) mass is 451 g/mol. The average molecular weight is 452 g/mol. The molecule has 4 rings (SSSR count). The molecule has 0 radical (unpaired) electrons. The number of nitrogens with zero attached hydrogens (tertiary/aromatic N) is 2. The van der Waals surface area contributed by atoms with Gasteiger partial charge in [0.1, 0.15) is 6.54 Å². The van der Waals surface area contributed by atoms with E-state index in [0.29, 0.717) is 27.5 Å². The summed E-state index contributed by atoms with van der Waals surface area (Å²) < 4.78 is 2.07. The Morgan fingerprint density at radius 1 is 1.00 bits per heavy atom. The van der Waals surface area contributed by atoms with Crippen LogP contribution in [0, 0.1) is 10.1 Å². The van der Waals surface area contributed by atoms with Gasteiger partial charge in [0.2, 0.25) is 5.91 Å². The highest BCUT2D eigenvalue weighted by Gasteiger charge is 2.15. The number of anilines is 1. The van der Waals surface area contributed by atoms with Gasteiger partial charge < -0.3 is 9.88 Å². The number of para-hydroxylation sites is 2. The lowest BCUT2D eigenvalue weighted by Crippen LogP contribution is -2.21. The van der Waals surface area contributed by atoms with Crippen molar-refractivity contribution in [1.29, 1.82) is 0 Å². The van der Waals surface area contributed by atoms with Crippen LogP contribution in [0.5, 0.6) is 0 Å². The molecular formula is C21H14BrN3O4. The Morgan fingerprint density at radius 2 is 1.59 bits per heavy atom. The number of aromatic nitrogens is 1. The molecule has 0 unspecified atom stereocenters. The van der Waals surface area contributed by atoms with Crippen LogP contribution in [0.25, 0.3) is 21.8 Å². The van der Waals surface area contributed by atoms with E-state index in [1.807, 2.05) is 12.1 Å². The Bertz CT molecular complexity index is 1290. The topological polar surface area (TPSA) is 94.2 Å². The predicted octanol–water partition coefficient (Wildman–Crippen LogP) is 4.46. The molecule has 144 valence electrons. The maximum absolute atomic E-state index is 12.8. The second-order valence-corrected chi connectivity index (χ2v) is 7.28. The van der Waals surface area contributed by atoms with E-state index in [9.17, 15) is 19.7 Å². The molecule has 1 aromatic heterocycles. The van der Waals surface area contributed by atoms with E-state index < -0.39 is 4.92 Å². The number of halogens is 1. The first-order valence-electron chi connectivity index (χ1n) is 8.70. The van der Waals surface area contributed by atoms with Gasteiger partial charge in [-0.1, -0.05) is 24.3 Å². The molecule has 0 atom stereocenters. The number of hydrogen-bond donors (Lipinski definition) is 1. The Kier molecular flexibility index (Phi) is 4.85. The number of carbonyl (C=O) groups excluding carboxylic acids is 1. The molecule has 3 aromatic carbocycles. The molecule has 1 N–H and O–H groups in total. The van der Waals surface area contributed by atoms with Gasteiger partial charge in [-0.15, -0.1) is 0 Å². The molecule has 0 bridgehead atoms. The van der Waals surface area contributed by atoms with Crippen molar-refractivity contribution >= 4 is 55.0 Å². The Labute approximate surface area is 172 Å². The highest BCUT2D eigenvalue weighted by atomic mass is 79.9. The van der Waals surface area contributed by atoms with Gasteiger partial charge in [-0.3, -0.25) is 19.7 Å². The van der Waals surface area contributed by atoms with Gasteiger partial charge in [0.25, 0.3) is 5.69 Å². The average Bonchev–Trinajstić information content (AvgIpc) is 2.71. The first kappa shape index (κ1) is 18.8. The molecule has 0 aliphatic carbocycles. The largest absolute Gasteiger partial charge is 0.331 e. The number of fused-ring (bicyclic) bond motifs is 2. The Balaban J connectivity index is 1.73. The van der Waals surface area contributed by atoms with Crippen LogP contribution in [0.1, 0.15) is 0 Å². The third kappa shape index (κ3) is 3.50. The third-order valence-electron chi connectivity index (χ3n) is 4.61. The standard InChI is InChI=1S/C21H14BrN3O4/c22-16-11-13(9-10-19(16)25(28)29)23-20(26)12-24-17-7-3-1-5-14(17)21(27)15-6-2-4-8-18(15)24/h1-11H,12H2,(H,23,26). The quantitative estimate of drug-likeness (QED) is 0.281. The number of rotatable bonds is 4. The highest BCUT2D eigenvalue weighted by molar-refractivity contribution is 9.10. The zero-order chi connectivity index (χ0) is 20.5. The summed E-state index contributed by atoms with van der Waals surface area (Å²) in [4.78, 5) is 35.9. The fourth-order valence-electron chi connectivity index (χ4n) is 3.32. The number of pyridine rings is 1. The number of nitro benzene ring substituents is 1. The molecule has 7 nitrogen and oxygen atoms in total. The van der Waals surface area contributed by atoms with Crippen molar-refractivity contribution in [3.8, 4) is 0 Å². The predicted molar refractivity (Wildman–Crippen MR) is 115 cm³/mol. The van der Waals surface area contributed by atoms with Gasteiger partial charge in [-0.2, -0.15) is 0 Å².